The van der Waals surface area contributed by atoms with Crippen molar-refractivity contribution in [2.75, 3.05) is 17.7 Å². The zero-order valence-electron chi connectivity index (χ0n) is 15.4. The highest BCUT2D eigenvalue weighted by molar-refractivity contribution is 5.94. The summed E-state index contributed by atoms with van der Waals surface area (Å²) < 4.78 is 8.09. The van der Waals surface area contributed by atoms with E-state index in [4.69, 9.17) is 4.74 Å². The van der Waals surface area contributed by atoms with E-state index in [1.807, 2.05) is 0 Å². The maximum absolute atomic E-state index is 12.5. The van der Waals surface area contributed by atoms with Crippen LogP contribution in [0.15, 0.2) is 23.0 Å². The van der Waals surface area contributed by atoms with Crippen LogP contribution in [0.3, 0.4) is 0 Å². The highest BCUT2D eigenvalue weighted by Gasteiger charge is 2.18. The largest absolute Gasteiger partial charge is 0.495 e. The molecule has 1 aliphatic heterocycles. The van der Waals surface area contributed by atoms with E-state index < -0.39 is 5.91 Å². The summed E-state index contributed by atoms with van der Waals surface area (Å²) in [5, 5.41) is 9.68. The molecule has 0 aliphatic carbocycles. The van der Waals surface area contributed by atoms with Crippen LogP contribution in [0.5, 0.6) is 5.75 Å². The van der Waals surface area contributed by atoms with Crippen molar-refractivity contribution in [2.24, 2.45) is 0 Å². The molecular weight excluding hydrogens is 350 g/mol. The fraction of sp³-hybridized carbons (Fsp3) is 0.444. The SMILES string of the molecule is COc1ccc(NC(C)=O)cc1NC(=O)Cn1nc2n(c1=O)CCCCC2. The summed E-state index contributed by atoms with van der Waals surface area (Å²) in [6.45, 7) is 1.85. The number of nitrogens with zero attached hydrogens (tertiary/aromatic N) is 3. The molecule has 1 aromatic heterocycles. The molecule has 2 amide bonds. The van der Waals surface area contributed by atoms with Crippen molar-refractivity contribution in [1.29, 1.82) is 0 Å². The van der Waals surface area contributed by atoms with E-state index in [2.05, 4.69) is 15.7 Å². The van der Waals surface area contributed by atoms with Crippen molar-refractivity contribution in [3.8, 4) is 5.75 Å². The molecule has 2 N–H and O–H groups in total. The second-order valence-corrected chi connectivity index (χ2v) is 6.46. The van der Waals surface area contributed by atoms with Gasteiger partial charge < -0.3 is 15.4 Å². The number of nitrogens with one attached hydrogen (secondary N) is 2. The van der Waals surface area contributed by atoms with E-state index in [-0.39, 0.29) is 18.1 Å². The first-order valence-corrected chi connectivity index (χ1v) is 8.90. The van der Waals surface area contributed by atoms with Gasteiger partial charge >= 0.3 is 5.69 Å². The molecule has 0 saturated carbocycles. The Bertz CT molecular complexity index is 915. The van der Waals surface area contributed by atoms with Crippen LogP contribution in [0, 0.1) is 0 Å². The second kappa shape index (κ2) is 8.07. The van der Waals surface area contributed by atoms with Crippen LogP contribution in [0.4, 0.5) is 11.4 Å². The third kappa shape index (κ3) is 4.36. The number of hydrogen-bond donors (Lipinski definition) is 2. The lowest BCUT2D eigenvalue weighted by molar-refractivity contribution is -0.117. The molecular formula is C18H23N5O4. The highest BCUT2D eigenvalue weighted by Crippen LogP contribution is 2.27. The number of methoxy groups -OCH3 is 1. The van der Waals surface area contributed by atoms with Gasteiger partial charge in [-0.1, -0.05) is 6.42 Å². The Kier molecular flexibility index (Phi) is 5.58. The predicted molar refractivity (Wildman–Crippen MR) is 100.0 cm³/mol. The van der Waals surface area contributed by atoms with E-state index in [1.165, 1.54) is 18.7 Å². The van der Waals surface area contributed by atoms with Gasteiger partial charge in [-0.05, 0) is 31.0 Å². The molecule has 9 nitrogen and oxygen atoms in total. The number of fused-ring (bicyclic) bond motifs is 1. The lowest BCUT2D eigenvalue weighted by Crippen LogP contribution is -2.30. The Balaban J connectivity index is 1.76. The van der Waals surface area contributed by atoms with Crippen molar-refractivity contribution < 1.29 is 14.3 Å². The van der Waals surface area contributed by atoms with Crippen molar-refractivity contribution in [3.05, 3.63) is 34.5 Å². The summed E-state index contributed by atoms with van der Waals surface area (Å²) in [5.41, 5.74) is 0.674. The van der Waals surface area contributed by atoms with Gasteiger partial charge in [-0.3, -0.25) is 14.2 Å². The van der Waals surface area contributed by atoms with Gasteiger partial charge in [0.05, 0.1) is 12.8 Å². The number of benzene rings is 1. The first-order chi connectivity index (χ1) is 13.0. The van der Waals surface area contributed by atoms with Gasteiger partial charge in [-0.2, -0.15) is 5.10 Å². The van der Waals surface area contributed by atoms with Crippen LogP contribution < -0.4 is 21.1 Å². The van der Waals surface area contributed by atoms with Gasteiger partial charge in [-0.15, -0.1) is 0 Å². The summed E-state index contributed by atoms with van der Waals surface area (Å²) in [6, 6.07) is 4.92. The molecule has 1 aromatic carbocycles. The van der Waals surface area contributed by atoms with Crippen LogP contribution in [0.1, 0.15) is 32.0 Å². The zero-order chi connectivity index (χ0) is 19.4. The monoisotopic (exact) mass is 373 g/mol. The molecule has 2 heterocycles. The lowest BCUT2D eigenvalue weighted by Gasteiger charge is -2.12. The van der Waals surface area contributed by atoms with Crippen molar-refractivity contribution in [1.82, 2.24) is 14.3 Å². The first-order valence-electron chi connectivity index (χ1n) is 8.90. The van der Waals surface area contributed by atoms with Crippen molar-refractivity contribution in [3.63, 3.8) is 0 Å². The van der Waals surface area contributed by atoms with Gasteiger partial charge in [0.1, 0.15) is 18.1 Å². The summed E-state index contributed by atoms with van der Waals surface area (Å²) in [7, 11) is 1.49. The number of carbonyl (C=O) groups is 2. The maximum atomic E-state index is 12.5. The third-order valence-corrected chi connectivity index (χ3v) is 4.37. The minimum absolute atomic E-state index is 0.188. The topological polar surface area (TPSA) is 107 Å². The average Bonchev–Trinajstić information content (AvgIpc) is 2.78. The lowest BCUT2D eigenvalue weighted by atomic mass is 10.2. The van der Waals surface area contributed by atoms with Gasteiger partial charge in [0, 0.05) is 25.6 Å². The molecule has 0 atom stereocenters. The van der Waals surface area contributed by atoms with Gasteiger partial charge in [0.25, 0.3) is 0 Å². The molecule has 0 fully saturated rings. The Morgan fingerprint density at radius 1 is 1.22 bits per heavy atom. The molecule has 0 radical (unpaired) electrons. The number of hydrogen-bond acceptors (Lipinski definition) is 5. The Labute approximate surface area is 156 Å². The molecule has 2 aromatic rings. The van der Waals surface area contributed by atoms with Crippen LogP contribution in [-0.4, -0.2) is 33.3 Å². The second-order valence-electron chi connectivity index (χ2n) is 6.46. The number of anilines is 2. The van der Waals surface area contributed by atoms with Crippen molar-refractivity contribution in [2.45, 2.75) is 45.7 Å². The number of amides is 2. The maximum Gasteiger partial charge on any atom is 0.346 e. The minimum Gasteiger partial charge on any atom is -0.495 e. The van der Waals surface area contributed by atoms with Crippen LogP contribution in [-0.2, 0) is 29.1 Å². The number of rotatable bonds is 5. The average molecular weight is 373 g/mol. The fourth-order valence-corrected chi connectivity index (χ4v) is 3.14. The number of ether oxygens (including phenoxy) is 1. The molecule has 0 spiro atoms. The van der Waals surface area contributed by atoms with Crippen LogP contribution in [0.2, 0.25) is 0 Å². The molecule has 1 aliphatic rings. The van der Waals surface area contributed by atoms with E-state index in [0.29, 0.717) is 23.7 Å². The quantitative estimate of drug-likeness (QED) is 0.823. The van der Waals surface area contributed by atoms with E-state index in [0.717, 1.165) is 31.5 Å². The molecule has 27 heavy (non-hydrogen) atoms. The number of carbonyl (C=O) groups excluding carboxylic acids is 2. The summed E-state index contributed by atoms with van der Waals surface area (Å²) >= 11 is 0. The predicted octanol–water partition coefficient (Wildman–Crippen LogP) is 1.38. The summed E-state index contributed by atoms with van der Waals surface area (Å²) in [5.74, 6) is 0.563. The molecule has 144 valence electrons. The van der Waals surface area contributed by atoms with Crippen molar-refractivity contribution >= 4 is 23.2 Å². The first kappa shape index (κ1) is 18.7. The number of aromatic nitrogens is 3. The number of aryl methyl sites for hydroxylation is 1. The normalized spacial score (nSPS) is 13.4. The van der Waals surface area contributed by atoms with Crippen LogP contribution in [0.25, 0.3) is 0 Å². The summed E-state index contributed by atoms with van der Waals surface area (Å²) in [6.07, 6.45) is 3.76. The van der Waals surface area contributed by atoms with Gasteiger partial charge in [0.15, 0.2) is 0 Å². The standard InChI is InChI=1S/C18H23N5O4/c1-12(24)19-13-7-8-15(27-2)14(10-13)20-17(25)11-23-18(26)22-9-5-3-4-6-16(22)21-23/h7-8,10H,3-6,9,11H2,1-2H3,(H,19,24)(H,20,25). The van der Waals surface area contributed by atoms with E-state index in [1.54, 1.807) is 22.8 Å². The molecule has 0 unspecified atom stereocenters. The minimum atomic E-state index is -0.399. The highest BCUT2D eigenvalue weighted by atomic mass is 16.5. The molecule has 9 heteroatoms. The van der Waals surface area contributed by atoms with Gasteiger partial charge in [-0.25, -0.2) is 9.48 Å². The molecule has 0 saturated heterocycles. The van der Waals surface area contributed by atoms with Gasteiger partial charge in [0.2, 0.25) is 11.8 Å². The summed E-state index contributed by atoms with van der Waals surface area (Å²) in [4.78, 5) is 36.1. The molecule has 3 rings (SSSR count). The Morgan fingerprint density at radius 2 is 2.04 bits per heavy atom. The zero-order valence-corrected chi connectivity index (χ0v) is 15.4. The fourth-order valence-electron chi connectivity index (χ4n) is 3.14. The van der Waals surface area contributed by atoms with E-state index >= 15 is 0 Å². The van der Waals surface area contributed by atoms with E-state index in [9.17, 15) is 14.4 Å². The molecule has 0 bridgehead atoms. The Hall–Kier alpha value is -3.10. The Morgan fingerprint density at radius 3 is 2.78 bits per heavy atom. The smallest absolute Gasteiger partial charge is 0.346 e. The third-order valence-electron chi connectivity index (χ3n) is 4.37. The van der Waals surface area contributed by atoms with Crippen LogP contribution >= 0.6 is 0 Å².